The summed E-state index contributed by atoms with van der Waals surface area (Å²) in [6.07, 6.45) is 4.16. The fourth-order valence-electron chi connectivity index (χ4n) is 3.11. The Kier molecular flexibility index (Phi) is 8.88. The zero-order chi connectivity index (χ0) is 25.4. The van der Waals surface area contributed by atoms with Gasteiger partial charge in [0.15, 0.2) is 34.5 Å². The second-order valence-electron chi connectivity index (χ2n) is 6.74. The number of esters is 1. The molecule has 11 heteroatoms. The summed E-state index contributed by atoms with van der Waals surface area (Å²) in [6.45, 7) is 0. The predicted octanol–water partition coefficient (Wildman–Crippen LogP) is 5.54. The second-order valence-corrected chi connectivity index (χ2v) is 7.05. The van der Waals surface area contributed by atoms with Crippen molar-refractivity contribution in [1.29, 1.82) is 0 Å². The van der Waals surface area contributed by atoms with Gasteiger partial charge in [0.2, 0.25) is 0 Å². The van der Waals surface area contributed by atoms with Crippen LogP contribution in [-0.2, 0) is 4.74 Å². The molecule has 2 aromatic carbocycles. The van der Waals surface area contributed by atoms with Crippen LogP contribution in [0.4, 0.5) is 0 Å². The SMILES string of the molecule is COc1ccc(C(=O)OC(=Cc2c(OCl)cncc2OCl)c2ccc(OC)c(OC)c2)cc1OC. The zero-order valence-electron chi connectivity index (χ0n) is 19.2. The van der Waals surface area contributed by atoms with Crippen LogP contribution in [0, 0.1) is 0 Å². The van der Waals surface area contributed by atoms with Crippen molar-refractivity contribution in [2.75, 3.05) is 28.4 Å². The van der Waals surface area contributed by atoms with Gasteiger partial charge in [-0.2, -0.15) is 0 Å². The lowest BCUT2D eigenvalue weighted by atomic mass is 10.1. The summed E-state index contributed by atoms with van der Waals surface area (Å²) in [4.78, 5) is 17.1. The van der Waals surface area contributed by atoms with Crippen LogP contribution in [0.25, 0.3) is 11.8 Å². The van der Waals surface area contributed by atoms with Crippen LogP contribution in [0.1, 0.15) is 21.5 Å². The largest absolute Gasteiger partial charge is 0.493 e. The first-order valence-corrected chi connectivity index (χ1v) is 10.5. The van der Waals surface area contributed by atoms with E-state index in [1.807, 2.05) is 0 Å². The summed E-state index contributed by atoms with van der Waals surface area (Å²) >= 11 is 11.2. The van der Waals surface area contributed by atoms with E-state index in [1.54, 1.807) is 30.3 Å². The van der Waals surface area contributed by atoms with E-state index in [-0.39, 0.29) is 28.4 Å². The molecule has 1 aromatic heterocycles. The molecule has 1 heterocycles. The van der Waals surface area contributed by atoms with E-state index in [0.717, 1.165) is 0 Å². The maximum atomic E-state index is 13.1. The lowest BCUT2D eigenvalue weighted by Crippen LogP contribution is -2.06. The van der Waals surface area contributed by atoms with Crippen molar-refractivity contribution >= 4 is 41.5 Å². The number of carbonyl (C=O) groups excluding carboxylic acids is 1. The van der Waals surface area contributed by atoms with Gasteiger partial charge in [-0.15, -0.1) is 0 Å². The van der Waals surface area contributed by atoms with E-state index in [4.69, 9.17) is 56.0 Å². The molecule has 0 radical (unpaired) electrons. The van der Waals surface area contributed by atoms with Crippen molar-refractivity contribution in [2.45, 2.75) is 0 Å². The Morgan fingerprint density at radius 3 is 1.69 bits per heavy atom. The van der Waals surface area contributed by atoms with Gasteiger partial charge in [-0.1, -0.05) is 0 Å². The molecule has 0 spiro atoms. The Labute approximate surface area is 212 Å². The molecule has 0 fully saturated rings. The first kappa shape index (κ1) is 25.8. The number of carbonyl (C=O) groups is 1. The highest BCUT2D eigenvalue weighted by Crippen LogP contribution is 2.36. The number of nitrogens with zero attached hydrogens (tertiary/aromatic N) is 1. The van der Waals surface area contributed by atoms with E-state index >= 15 is 0 Å². The number of halogens is 2. The van der Waals surface area contributed by atoms with Crippen molar-refractivity contribution in [3.05, 3.63) is 65.5 Å². The van der Waals surface area contributed by atoms with Crippen LogP contribution >= 0.6 is 23.7 Å². The van der Waals surface area contributed by atoms with Crippen LogP contribution in [0.2, 0.25) is 0 Å². The molecule has 3 aromatic rings. The van der Waals surface area contributed by atoms with Crippen molar-refractivity contribution in [3.63, 3.8) is 0 Å². The van der Waals surface area contributed by atoms with Gasteiger partial charge in [0.25, 0.3) is 0 Å². The Morgan fingerprint density at radius 1 is 0.714 bits per heavy atom. The molecule has 0 N–H and O–H groups in total. The molecule has 0 aliphatic heterocycles. The smallest absolute Gasteiger partial charge is 0.343 e. The van der Waals surface area contributed by atoms with Crippen LogP contribution in [-0.4, -0.2) is 39.4 Å². The maximum absolute atomic E-state index is 13.1. The minimum atomic E-state index is -0.678. The predicted molar refractivity (Wildman–Crippen MR) is 130 cm³/mol. The van der Waals surface area contributed by atoms with Gasteiger partial charge in [-0.05, 0) is 42.5 Å². The van der Waals surface area contributed by atoms with Gasteiger partial charge in [0, 0.05) is 5.56 Å². The molecule has 0 saturated heterocycles. The minimum absolute atomic E-state index is 0.0990. The van der Waals surface area contributed by atoms with Crippen molar-refractivity contribution in [3.8, 4) is 34.5 Å². The fraction of sp³-hybridized carbons (Fsp3) is 0.167. The summed E-state index contributed by atoms with van der Waals surface area (Å²) in [5.41, 5.74) is 0.954. The molecule has 0 unspecified atom stereocenters. The topological polar surface area (TPSA) is 94.6 Å². The first-order chi connectivity index (χ1) is 17.0. The molecule has 0 bridgehead atoms. The molecule has 0 amide bonds. The third kappa shape index (κ3) is 5.82. The normalized spacial score (nSPS) is 10.9. The number of ether oxygens (including phenoxy) is 5. The highest BCUT2D eigenvalue weighted by Gasteiger charge is 2.19. The molecule has 0 aliphatic rings. The molecule has 184 valence electrons. The Hall–Kier alpha value is -3.82. The van der Waals surface area contributed by atoms with Crippen molar-refractivity contribution < 1.29 is 37.1 Å². The van der Waals surface area contributed by atoms with Gasteiger partial charge < -0.3 is 32.3 Å². The first-order valence-electron chi connectivity index (χ1n) is 9.93. The van der Waals surface area contributed by atoms with Gasteiger partial charge in [-0.25, -0.2) is 4.79 Å². The highest BCUT2D eigenvalue weighted by molar-refractivity contribution is 6.10. The minimum Gasteiger partial charge on any atom is -0.493 e. The molecular formula is C24H21Cl2NO8. The van der Waals surface area contributed by atoms with E-state index in [0.29, 0.717) is 28.6 Å². The summed E-state index contributed by atoms with van der Waals surface area (Å²) in [5, 5.41) is 0. The lowest BCUT2D eigenvalue weighted by Gasteiger charge is -2.14. The third-order valence-corrected chi connectivity index (χ3v) is 5.18. The Morgan fingerprint density at radius 2 is 1.20 bits per heavy atom. The van der Waals surface area contributed by atoms with Crippen molar-refractivity contribution in [2.24, 2.45) is 0 Å². The second kappa shape index (κ2) is 12.0. The molecule has 35 heavy (non-hydrogen) atoms. The molecule has 3 rings (SSSR count). The molecule has 9 nitrogen and oxygen atoms in total. The molecule has 0 saturated carbocycles. The molecular weight excluding hydrogens is 501 g/mol. The van der Waals surface area contributed by atoms with Gasteiger partial charge in [0.05, 0.1) is 52.0 Å². The van der Waals surface area contributed by atoms with Crippen LogP contribution in [0.3, 0.4) is 0 Å². The van der Waals surface area contributed by atoms with Crippen LogP contribution in [0.15, 0.2) is 48.8 Å². The standard InChI is InChI=1S/C24H21Cl2NO8/c1-29-17-7-5-14(9-20(17)31-3)19(11-16-22(34-25)12-27-13-23(16)35-26)33-24(28)15-6-8-18(30-2)21(10-15)32-4/h5-13H,1-4H3. The summed E-state index contributed by atoms with van der Waals surface area (Å²) < 4.78 is 36.7. The van der Waals surface area contributed by atoms with Gasteiger partial charge >= 0.3 is 5.97 Å². The average molecular weight is 522 g/mol. The Bertz CT molecular complexity index is 1210. The number of rotatable bonds is 10. The third-order valence-electron chi connectivity index (χ3n) is 4.85. The quantitative estimate of drug-likeness (QED) is 0.251. The monoisotopic (exact) mass is 521 g/mol. The fourth-order valence-corrected chi connectivity index (χ4v) is 3.36. The number of aromatic nitrogens is 1. The summed E-state index contributed by atoms with van der Waals surface area (Å²) in [5.74, 6) is 1.38. The van der Waals surface area contributed by atoms with Gasteiger partial charge in [-0.3, -0.25) is 4.98 Å². The van der Waals surface area contributed by atoms with E-state index in [9.17, 15) is 4.79 Å². The number of hydrogen-bond acceptors (Lipinski definition) is 9. The molecule has 0 atom stereocenters. The van der Waals surface area contributed by atoms with Crippen LogP contribution in [0.5, 0.6) is 34.5 Å². The number of methoxy groups -OCH3 is 4. The number of benzene rings is 2. The number of pyridine rings is 1. The average Bonchev–Trinajstić information content (AvgIpc) is 2.91. The van der Waals surface area contributed by atoms with E-state index in [2.05, 4.69) is 4.98 Å². The number of hydrogen-bond donors (Lipinski definition) is 0. The van der Waals surface area contributed by atoms with Crippen molar-refractivity contribution in [1.82, 2.24) is 4.98 Å². The highest BCUT2D eigenvalue weighted by atomic mass is 35.5. The Balaban J connectivity index is 2.13. The van der Waals surface area contributed by atoms with E-state index < -0.39 is 5.97 Å². The zero-order valence-corrected chi connectivity index (χ0v) is 20.7. The van der Waals surface area contributed by atoms with Crippen LogP contribution < -0.4 is 27.5 Å². The van der Waals surface area contributed by atoms with Gasteiger partial charge in [0.1, 0.15) is 29.5 Å². The maximum Gasteiger partial charge on any atom is 0.343 e. The van der Waals surface area contributed by atoms with E-state index in [1.165, 1.54) is 53.0 Å². The molecule has 0 aliphatic carbocycles. The lowest BCUT2D eigenvalue weighted by molar-refractivity contribution is 0.0693. The summed E-state index contributed by atoms with van der Waals surface area (Å²) in [7, 11) is 5.96. The summed E-state index contributed by atoms with van der Waals surface area (Å²) in [6, 6.07) is 9.62.